The Morgan fingerprint density at radius 3 is 3.08 bits per heavy atom. The monoisotopic (exact) mass is 166 g/mol. The summed E-state index contributed by atoms with van der Waals surface area (Å²) in [5.41, 5.74) is 0.923. The number of nitrogens with zero attached hydrogens (tertiary/aromatic N) is 2. The number of aryl methyl sites for hydroxylation is 1. The van der Waals surface area contributed by atoms with E-state index in [9.17, 15) is 5.11 Å². The number of hydrogen-bond donors (Lipinski definition) is 1. The van der Waals surface area contributed by atoms with Crippen molar-refractivity contribution in [2.24, 2.45) is 7.05 Å². The van der Waals surface area contributed by atoms with Gasteiger partial charge in [0.1, 0.15) is 0 Å². The Morgan fingerprint density at radius 2 is 2.58 bits per heavy atom. The van der Waals surface area contributed by atoms with Crippen LogP contribution in [0.25, 0.3) is 0 Å². The van der Waals surface area contributed by atoms with Crippen LogP contribution >= 0.6 is 0 Å². The van der Waals surface area contributed by atoms with E-state index >= 15 is 0 Å². The minimum Gasteiger partial charge on any atom is -0.392 e. The van der Waals surface area contributed by atoms with Crippen molar-refractivity contribution in [3.63, 3.8) is 0 Å². The molecule has 0 radical (unpaired) electrons. The lowest BCUT2D eigenvalue weighted by Crippen LogP contribution is -2.09. The molecule has 1 atom stereocenters. The van der Waals surface area contributed by atoms with Crippen LogP contribution < -0.4 is 0 Å². The molecule has 1 N–H and O–H groups in total. The van der Waals surface area contributed by atoms with Crippen molar-refractivity contribution in [2.45, 2.75) is 18.9 Å². The molecule has 66 valence electrons. The second-order valence-electron chi connectivity index (χ2n) is 2.86. The minimum absolute atomic E-state index is 0.350. The normalized spacial score (nSPS) is 12.8. The Kier molecular flexibility index (Phi) is 3.05. The lowest BCUT2D eigenvalue weighted by molar-refractivity contribution is 0.177. The molecule has 0 aliphatic carbocycles. The molecular formula is C9H14N2O. The maximum absolute atomic E-state index is 9.39. The van der Waals surface area contributed by atoms with Crippen molar-refractivity contribution >= 4 is 0 Å². The van der Waals surface area contributed by atoms with Gasteiger partial charge in [-0.1, -0.05) is 6.08 Å². The average Bonchev–Trinajstić information content (AvgIpc) is 2.36. The molecule has 0 fully saturated rings. The first-order valence-electron chi connectivity index (χ1n) is 4.00. The van der Waals surface area contributed by atoms with Crippen molar-refractivity contribution in [2.75, 3.05) is 0 Å². The van der Waals surface area contributed by atoms with Gasteiger partial charge in [0.05, 0.1) is 11.8 Å². The summed E-state index contributed by atoms with van der Waals surface area (Å²) in [6.07, 6.45) is 4.46. The fourth-order valence-corrected chi connectivity index (χ4v) is 1.09. The summed E-state index contributed by atoms with van der Waals surface area (Å²) in [7, 11) is 1.86. The number of aromatic nitrogens is 2. The molecule has 12 heavy (non-hydrogen) atoms. The molecule has 1 unspecified atom stereocenters. The lowest BCUT2D eigenvalue weighted by Gasteiger charge is -2.03. The van der Waals surface area contributed by atoms with E-state index in [0.29, 0.717) is 12.8 Å². The fourth-order valence-electron chi connectivity index (χ4n) is 1.09. The van der Waals surface area contributed by atoms with Crippen LogP contribution in [0.3, 0.4) is 0 Å². The third-order valence-corrected chi connectivity index (χ3v) is 1.65. The summed E-state index contributed by atoms with van der Waals surface area (Å²) < 4.78 is 1.73. The van der Waals surface area contributed by atoms with Gasteiger partial charge in [0.2, 0.25) is 0 Å². The van der Waals surface area contributed by atoms with E-state index in [4.69, 9.17) is 0 Å². The van der Waals surface area contributed by atoms with Gasteiger partial charge in [-0.25, -0.2) is 0 Å². The number of rotatable bonds is 4. The summed E-state index contributed by atoms with van der Waals surface area (Å²) in [5, 5.41) is 13.5. The summed E-state index contributed by atoms with van der Waals surface area (Å²) in [6.45, 7) is 3.56. The molecule has 3 nitrogen and oxygen atoms in total. The van der Waals surface area contributed by atoms with Crippen molar-refractivity contribution in [3.8, 4) is 0 Å². The van der Waals surface area contributed by atoms with Crippen molar-refractivity contribution < 1.29 is 5.11 Å². The van der Waals surface area contributed by atoms with Gasteiger partial charge in [-0.05, 0) is 12.5 Å². The molecule has 1 rings (SSSR count). The minimum atomic E-state index is -0.350. The van der Waals surface area contributed by atoms with Crippen molar-refractivity contribution in [1.29, 1.82) is 0 Å². The Morgan fingerprint density at radius 1 is 1.83 bits per heavy atom. The lowest BCUT2D eigenvalue weighted by atomic mass is 10.1. The molecule has 0 amide bonds. The van der Waals surface area contributed by atoms with Gasteiger partial charge in [-0.3, -0.25) is 4.68 Å². The predicted molar refractivity (Wildman–Crippen MR) is 47.7 cm³/mol. The van der Waals surface area contributed by atoms with Gasteiger partial charge < -0.3 is 5.11 Å². The molecule has 0 aromatic carbocycles. The first kappa shape index (κ1) is 9.00. The predicted octanol–water partition coefficient (Wildman–Crippen LogP) is 0.900. The van der Waals surface area contributed by atoms with Crippen LogP contribution in [0.1, 0.15) is 12.1 Å². The van der Waals surface area contributed by atoms with E-state index < -0.39 is 0 Å². The quantitative estimate of drug-likeness (QED) is 0.675. The first-order chi connectivity index (χ1) is 5.72. The van der Waals surface area contributed by atoms with Gasteiger partial charge in [-0.15, -0.1) is 6.58 Å². The van der Waals surface area contributed by atoms with E-state index in [1.807, 2.05) is 19.3 Å². The van der Waals surface area contributed by atoms with Gasteiger partial charge >= 0.3 is 0 Å². The summed E-state index contributed by atoms with van der Waals surface area (Å²) in [6, 6.07) is 1.91. The van der Waals surface area contributed by atoms with Gasteiger partial charge in [-0.2, -0.15) is 5.10 Å². The maximum atomic E-state index is 9.39. The molecule has 0 saturated heterocycles. The highest BCUT2D eigenvalue weighted by Gasteiger charge is 2.04. The van der Waals surface area contributed by atoms with Crippen LogP contribution in [0, 0.1) is 0 Å². The topological polar surface area (TPSA) is 38.0 Å². The molecular weight excluding hydrogens is 152 g/mol. The number of aliphatic hydroxyl groups is 1. The highest BCUT2D eigenvalue weighted by molar-refractivity contribution is 5.00. The van der Waals surface area contributed by atoms with Crippen LogP contribution in [0.5, 0.6) is 0 Å². The van der Waals surface area contributed by atoms with Crippen LogP contribution in [-0.4, -0.2) is 21.0 Å². The SMILES string of the molecule is C=CCC(O)Cc1ccn(C)n1. The Hall–Kier alpha value is -1.09. The Bertz CT molecular complexity index is 255. The van der Waals surface area contributed by atoms with Gasteiger partial charge in [0.25, 0.3) is 0 Å². The molecule has 0 spiro atoms. The maximum Gasteiger partial charge on any atom is 0.0650 e. The molecule has 0 saturated carbocycles. The van der Waals surface area contributed by atoms with Gasteiger partial charge in [0.15, 0.2) is 0 Å². The highest BCUT2D eigenvalue weighted by Crippen LogP contribution is 2.02. The van der Waals surface area contributed by atoms with Gasteiger partial charge in [0, 0.05) is 19.7 Å². The van der Waals surface area contributed by atoms with E-state index in [1.165, 1.54) is 0 Å². The summed E-state index contributed by atoms with van der Waals surface area (Å²) >= 11 is 0. The molecule has 3 heteroatoms. The third kappa shape index (κ3) is 2.51. The largest absolute Gasteiger partial charge is 0.392 e. The van der Waals surface area contributed by atoms with Crippen LogP contribution in [0.2, 0.25) is 0 Å². The van der Waals surface area contributed by atoms with Crippen molar-refractivity contribution in [1.82, 2.24) is 9.78 Å². The van der Waals surface area contributed by atoms with E-state index in [-0.39, 0.29) is 6.10 Å². The molecule has 0 aliphatic heterocycles. The Labute approximate surface area is 72.3 Å². The van der Waals surface area contributed by atoms with E-state index in [2.05, 4.69) is 11.7 Å². The molecule has 0 aliphatic rings. The molecule has 1 heterocycles. The first-order valence-corrected chi connectivity index (χ1v) is 4.00. The van der Waals surface area contributed by atoms with Crippen LogP contribution in [-0.2, 0) is 13.5 Å². The standard InChI is InChI=1S/C9H14N2O/c1-3-4-9(12)7-8-5-6-11(2)10-8/h3,5-6,9,12H,1,4,7H2,2H3. The highest BCUT2D eigenvalue weighted by atomic mass is 16.3. The molecule has 1 aromatic heterocycles. The smallest absolute Gasteiger partial charge is 0.0650 e. The number of hydrogen-bond acceptors (Lipinski definition) is 2. The van der Waals surface area contributed by atoms with Crippen molar-refractivity contribution in [3.05, 3.63) is 30.6 Å². The second-order valence-corrected chi connectivity index (χ2v) is 2.86. The Balaban J connectivity index is 2.46. The molecule has 1 aromatic rings. The summed E-state index contributed by atoms with van der Waals surface area (Å²) in [4.78, 5) is 0. The van der Waals surface area contributed by atoms with Crippen LogP contribution in [0.15, 0.2) is 24.9 Å². The van der Waals surface area contributed by atoms with Crippen LogP contribution in [0.4, 0.5) is 0 Å². The summed E-state index contributed by atoms with van der Waals surface area (Å²) in [5.74, 6) is 0. The zero-order chi connectivity index (χ0) is 8.97. The average molecular weight is 166 g/mol. The number of aliphatic hydroxyl groups excluding tert-OH is 1. The zero-order valence-electron chi connectivity index (χ0n) is 7.27. The van der Waals surface area contributed by atoms with E-state index in [1.54, 1.807) is 10.8 Å². The van der Waals surface area contributed by atoms with E-state index in [0.717, 1.165) is 5.69 Å². The third-order valence-electron chi connectivity index (χ3n) is 1.65. The zero-order valence-corrected chi connectivity index (χ0v) is 7.27. The fraction of sp³-hybridized carbons (Fsp3) is 0.444. The second kappa shape index (κ2) is 4.07. The molecule has 0 bridgehead atoms.